The maximum atomic E-state index is 12.2. The van der Waals surface area contributed by atoms with Gasteiger partial charge in [0.1, 0.15) is 5.82 Å². The molecule has 0 aliphatic carbocycles. The van der Waals surface area contributed by atoms with E-state index in [0.29, 0.717) is 17.4 Å². The molecular weight excluding hydrogens is 288 g/mol. The van der Waals surface area contributed by atoms with Gasteiger partial charge in [-0.15, -0.1) is 10.2 Å². The van der Waals surface area contributed by atoms with Crippen molar-refractivity contribution in [1.82, 2.24) is 10.2 Å². The molecule has 2 N–H and O–H groups in total. The van der Waals surface area contributed by atoms with E-state index in [4.69, 9.17) is 0 Å². The molecule has 0 atom stereocenters. The molecule has 23 heavy (non-hydrogen) atoms. The third kappa shape index (κ3) is 5.06. The Kier molecular flexibility index (Phi) is 5.68. The summed E-state index contributed by atoms with van der Waals surface area (Å²) in [5.74, 6) is 1.07. The molecule has 0 aliphatic rings. The van der Waals surface area contributed by atoms with E-state index >= 15 is 0 Å². The minimum absolute atomic E-state index is 0.255. The van der Waals surface area contributed by atoms with Gasteiger partial charge in [0.25, 0.3) is 5.91 Å². The number of nitrogens with zero attached hydrogens (tertiary/aromatic N) is 2. The van der Waals surface area contributed by atoms with Crippen LogP contribution in [0.2, 0.25) is 0 Å². The van der Waals surface area contributed by atoms with Crippen LogP contribution in [0.3, 0.4) is 0 Å². The van der Waals surface area contributed by atoms with Gasteiger partial charge in [0.15, 0.2) is 5.69 Å². The number of hydrogen-bond donors (Lipinski definition) is 2. The molecule has 1 heterocycles. The zero-order chi connectivity index (χ0) is 16.8. The predicted octanol–water partition coefficient (Wildman–Crippen LogP) is 3.80. The number of anilines is 2. The van der Waals surface area contributed by atoms with Gasteiger partial charge in [0.2, 0.25) is 0 Å². The van der Waals surface area contributed by atoms with E-state index in [9.17, 15) is 4.79 Å². The summed E-state index contributed by atoms with van der Waals surface area (Å²) in [6, 6.07) is 9.28. The molecule has 1 aromatic carbocycles. The van der Waals surface area contributed by atoms with Crippen LogP contribution < -0.4 is 10.6 Å². The molecule has 0 unspecified atom stereocenters. The summed E-state index contributed by atoms with van der Waals surface area (Å²) in [5.41, 5.74) is 3.40. The van der Waals surface area contributed by atoms with E-state index in [1.807, 2.05) is 32.0 Å². The number of rotatable bonds is 6. The summed E-state index contributed by atoms with van der Waals surface area (Å²) >= 11 is 0. The van der Waals surface area contributed by atoms with Crippen LogP contribution in [0.5, 0.6) is 0 Å². The van der Waals surface area contributed by atoms with E-state index in [2.05, 4.69) is 34.7 Å². The number of aromatic nitrogens is 2. The maximum absolute atomic E-state index is 12.2. The number of benzene rings is 1. The summed E-state index contributed by atoms with van der Waals surface area (Å²) in [6.45, 7) is 9.25. The molecule has 5 heteroatoms. The fourth-order valence-electron chi connectivity index (χ4n) is 2.05. The Hall–Kier alpha value is -2.43. The number of carbonyl (C=O) groups excluding carboxylic acids is 1. The Morgan fingerprint density at radius 3 is 2.48 bits per heavy atom. The second-order valence-corrected chi connectivity index (χ2v) is 6.17. The van der Waals surface area contributed by atoms with Crippen LogP contribution in [0.1, 0.15) is 41.9 Å². The Bertz CT molecular complexity index is 665. The number of nitrogens with one attached hydrogen (secondary N) is 2. The van der Waals surface area contributed by atoms with Crippen molar-refractivity contribution >= 4 is 17.4 Å². The van der Waals surface area contributed by atoms with Crippen molar-refractivity contribution in [3.05, 3.63) is 47.2 Å². The largest absolute Gasteiger partial charge is 0.369 e. The average Bonchev–Trinajstić information content (AvgIpc) is 2.51. The van der Waals surface area contributed by atoms with Gasteiger partial charge in [-0.25, -0.2) is 0 Å². The van der Waals surface area contributed by atoms with Crippen LogP contribution in [-0.2, 0) is 0 Å². The third-order valence-corrected chi connectivity index (χ3v) is 3.69. The van der Waals surface area contributed by atoms with Crippen molar-refractivity contribution in [3.63, 3.8) is 0 Å². The van der Waals surface area contributed by atoms with Crippen LogP contribution in [0.4, 0.5) is 11.5 Å². The van der Waals surface area contributed by atoms with Gasteiger partial charge in [0.05, 0.1) is 0 Å². The average molecular weight is 312 g/mol. The first-order valence-electron chi connectivity index (χ1n) is 7.92. The molecule has 2 aromatic rings. The molecule has 0 saturated heterocycles. The Morgan fingerprint density at radius 2 is 1.87 bits per heavy atom. The van der Waals surface area contributed by atoms with Crippen LogP contribution in [0, 0.1) is 19.8 Å². The number of aryl methyl sites for hydroxylation is 2. The topological polar surface area (TPSA) is 66.9 Å². The summed E-state index contributed by atoms with van der Waals surface area (Å²) in [5, 5.41) is 14.1. The lowest BCUT2D eigenvalue weighted by atomic mass is 10.1. The van der Waals surface area contributed by atoms with Crippen LogP contribution >= 0.6 is 0 Å². The molecule has 5 nitrogen and oxygen atoms in total. The highest BCUT2D eigenvalue weighted by Crippen LogP contribution is 2.15. The van der Waals surface area contributed by atoms with E-state index in [0.717, 1.165) is 24.2 Å². The monoisotopic (exact) mass is 312 g/mol. The van der Waals surface area contributed by atoms with E-state index < -0.39 is 0 Å². The lowest BCUT2D eigenvalue weighted by Gasteiger charge is -2.08. The van der Waals surface area contributed by atoms with Crippen molar-refractivity contribution in [2.24, 2.45) is 5.92 Å². The van der Waals surface area contributed by atoms with Crippen molar-refractivity contribution < 1.29 is 4.79 Å². The van der Waals surface area contributed by atoms with Crippen molar-refractivity contribution in [2.75, 3.05) is 17.2 Å². The van der Waals surface area contributed by atoms with Gasteiger partial charge in [-0.05, 0) is 61.6 Å². The highest BCUT2D eigenvalue weighted by Gasteiger charge is 2.09. The molecule has 1 aromatic heterocycles. The lowest BCUT2D eigenvalue weighted by molar-refractivity contribution is 0.102. The minimum Gasteiger partial charge on any atom is -0.369 e. The first kappa shape index (κ1) is 16.9. The minimum atomic E-state index is -0.255. The first-order valence-corrected chi connectivity index (χ1v) is 7.92. The summed E-state index contributed by atoms with van der Waals surface area (Å²) in [7, 11) is 0. The Labute approximate surface area is 137 Å². The van der Waals surface area contributed by atoms with Crippen LogP contribution in [0.25, 0.3) is 0 Å². The van der Waals surface area contributed by atoms with Crippen molar-refractivity contribution in [1.29, 1.82) is 0 Å². The molecule has 0 aliphatic heterocycles. The number of hydrogen-bond acceptors (Lipinski definition) is 4. The highest BCUT2D eigenvalue weighted by molar-refractivity contribution is 6.02. The second kappa shape index (κ2) is 7.72. The molecule has 1 amide bonds. The molecule has 0 fully saturated rings. The van der Waals surface area contributed by atoms with Gasteiger partial charge < -0.3 is 10.6 Å². The molecule has 122 valence electrons. The van der Waals surface area contributed by atoms with Crippen molar-refractivity contribution in [2.45, 2.75) is 34.1 Å². The molecule has 0 radical (unpaired) electrons. The SMILES string of the molecule is Cc1ccc(NC(=O)c2ccc(NCCC(C)C)nn2)cc1C. The lowest BCUT2D eigenvalue weighted by Crippen LogP contribution is -2.15. The fraction of sp³-hybridized carbons (Fsp3) is 0.389. The molecule has 2 rings (SSSR count). The quantitative estimate of drug-likeness (QED) is 0.851. The Balaban J connectivity index is 1.95. The molecule has 0 spiro atoms. The third-order valence-electron chi connectivity index (χ3n) is 3.69. The smallest absolute Gasteiger partial charge is 0.276 e. The second-order valence-electron chi connectivity index (χ2n) is 6.17. The first-order chi connectivity index (χ1) is 11.0. The van der Waals surface area contributed by atoms with Crippen LogP contribution in [-0.4, -0.2) is 22.6 Å². The van der Waals surface area contributed by atoms with E-state index in [1.165, 1.54) is 5.56 Å². The fourth-order valence-corrected chi connectivity index (χ4v) is 2.05. The normalized spacial score (nSPS) is 10.7. The zero-order valence-electron chi connectivity index (χ0n) is 14.2. The van der Waals surface area contributed by atoms with Crippen LogP contribution in [0.15, 0.2) is 30.3 Å². The molecule has 0 bridgehead atoms. The predicted molar refractivity (Wildman–Crippen MR) is 93.8 cm³/mol. The van der Waals surface area contributed by atoms with Crippen molar-refractivity contribution in [3.8, 4) is 0 Å². The molecular formula is C18H24N4O. The Morgan fingerprint density at radius 1 is 1.09 bits per heavy atom. The van der Waals surface area contributed by atoms with E-state index in [-0.39, 0.29) is 5.91 Å². The summed E-state index contributed by atoms with van der Waals surface area (Å²) < 4.78 is 0. The molecule has 0 saturated carbocycles. The van der Waals surface area contributed by atoms with Gasteiger partial charge in [-0.1, -0.05) is 19.9 Å². The number of amides is 1. The summed E-state index contributed by atoms with van der Waals surface area (Å²) in [6.07, 6.45) is 1.07. The summed E-state index contributed by atoms with van der Waals surface area (Å²) in [4.78, 5) is 12.2. The zero-order valence-corrected chi connectivity index (χ0v) is 14.2. The standard InChI is InChI=1S/C18H24N4O/c1-12(2)9-10-19-17-8-7-16(21-22-17)18(23)20-15-6-5-13(3)14(4)11-15/h5-8,11-12H,9-10H2,1-4H3,(H,19,22)(H,20,23). The van der Waals surface area contributed by atoms with Gasteiger partial charge in [-0.2, -0.15) is 0 Å². The van der Waals surface area contributed by atoms with E-state index in [1.54, 1.807) is 12.1 Å². The van der Waals surface area contributed by atoms with Gasteiger partial charge in [0, 0.05) is 12.2 Å². The van der Waals surface area contributed by atoms with Gasteiger partial charge >= 0.3 is 0 Å². The number of carbonyl (C=O) groups is 1. The highest BCUT2D eigenvalue weighted by atomic mass is 16.1. The van der Waals surface area contributed by atoms with Gasteiger partial charge in [-0.3, -0.25) is 4.79 Å². The maximum Gasteiger partial charge on any atom is 0.276 e.